The number of anilines is 3. The zero-order chi connectivity index (χ0) is 25.3. The van der Waals surface area contributed by atoms with E-state index in [4.69, 9.17) is 5.73 Å². The van der Waals surface area contributed by atoms with Gasteiger partial charge < -0.3 is 21.7 Å². The second-order valence-corrected chi connectivity index (χ2v) is 9.38. The molecular weight excluding hydrogens is 472 g/mol. The SMILES string of the molecule is CNc1sc(Nc2ccc3ccccc3c2)nc1C(N)=O.O=Cc1ccc(CN2CCNCC2)cc1. The summed E-state index contributed by atoms with van der Waals surface area (Å²) in [5, 5.41) is 13.1. The number of rotatable bonds is 7. The van der Waals surface area contributed by atoms with Crippen LogP contribution in [-0.2, 0) is 6.54 Å². The van der Waals surface area contributed by atoms with Gasteiger partial charge in [-0.25, -0.2) is 4.98 Å². The molecule has 1 aliphatic rings. The van der Waals surface area contributed by atoms with Crippen LogP contribution in [0.4, 0.5) is 15.8 Å². The van der Waals surface area contributed by atoms with Crippen LogP contribution in [0, 0.1) is 0 Å². The Labute approximate surface area is 214 Å². The monoisotopic (exact) mass is 502 g/mol. The lowest BCUT2D eigenvalue weighted by Crippen LogP contribution is -2.42. The van der Waals surface area contributed by atoms with Crippen molar-refractivity contribution in [2.24, 2.45) is 5.73 Å². The number of hydrogen-bond acceptors (Lipinski definition) is 8. The van der Waals surface area contributed by atoms with Crippen LogP contribution < -0.4 is 21.7 Å². The van der Waals surface area contributed by atoms with E-state index in [-0.39, 0.29) is 5.69 Å². The van der Waals surface area contributed by atoms with Crippen LogP contribution in [0.5, 0.6) is 0 Å². The van der Waals surface area contributed by atoms with Crippen molar-refractivity contribution in [2.75, 3.05) is 43.9 Å². The maximum atomic E-state index is 11.3. The molecule has 4 aromatic rings. The second-order valence-electron chi connectivity index (χ2n) is 8.38. The lowest BCUT2D eigenvalue weighted by Gasteiger charge is -2.27. The van der Waals surface area contributed by atoms with Gasteiger partial charge in [-0.2, -0.15) is 0 Å². The van der Waals surface area contributed by atoms with Crippen LogP contribution in [0.1, 0.15) is 26.4 Å². The first-order chi connectivity index (χ1) is 17.6. The predicted molar refractivity (Wildman–Crippen MR) is 147 cm³/mol. The minimum absolute atomic E-state index is 0.255. The molecule has 1 fully saturated rings. The molecule has 0 aliphatic carbocycles. The van der Waals surface area contributed by atoms with Crippen LogP contribution in [0.3, 0.4) is 0 Å². The van der Waals surface area contributed by atoms with Gasteiger partial charge in [-0.15, -0.1) is 0 Å². The van der Waals surface area contributed by atoms with Crippen molar-refractivity contribution in [3.05, 3.63) is 83.6 Å². The Morgan fingerprint density at radius 3 is 2.44 bits per heavy atom. The standard InChI is InChI=1S/C15H14N4OS.C12H16N2O/c1-17-14-12(13(16)20)19-15(21-14)18-11-7-6-9-4-2-3-5-10(9)8-11;15-10-12-3-1-11(2-4-12)9-14-7-5-13-6-8-14/h2-8,17H,1H3,(H2,16,20)(H,18,19);1-4,10,13H,5-9H2. The zero-order valence-corrected chi connectivity index (χ0v) is 21.0. The highest BCUT2D eigenvalue weighted by molar-refractivity contribution is 7.19. The highest BCUT2D eigenvalue weighted by atomic mass is 32.1. The van der Waals surface area contributed by atoms with Crippen molar-refractivity contribution in [1.82, 2.24) is 15.2 Å². The molecule has 1 amide bonds. The van der Waals surface area contributed by atoms with E-state index in [2.05, 4.69) is 38.0 Å². The Morgan fingerprint density at radius 2 is 1.81 bits per heavy atom. The second kappa shape index (κ2) is 12.3. The van der Waals surface area contributed by atoms with Crippen molar-refractivity contribution in [3.8, 4) is 0 Å². The van der Waals surface area contributed by atoms with Gasteiger partial charge in [0.1, 0.15) is 11.3 Å². The molecule has 186 valence electrons. The molecule has 5 rings (SSSR count). The summed E-state index contributed by atoms with van der Waals surface area (Å²) in [6, 6.07) is 22.0. The van der Waals surface area contributed by atoms with Gasteiger partial charge in [0, 0.05) is 51.0 Å². The van der Waals surface area contributed by atoms with Gasteiger partial charge >= 0.3 is 0 Å². The molecule has 8 nitrogen and oxygen atoms in total. The number of hydrogen-bond donors (Lipinski definition) is 4. The largest absolute Gasteiger partial charge is 0.378 e. The first kappa shape index (κ1) is 25.3. The third-order valence-corrected chi connectivity index (χ3v) is 6.81. The van der Waals surface area contributed by atoms with Crippen molar-refractivity contribution < 1.29 is 9.59 Å². The number of benzene rings is 3. The van der Waals surface area contributed by atoms with Crippen LogP contribution in [0.2, 0.25) is 0 Å². The lowest BCUT2D eigenvalue weighted by molar-refractivity contribution is 0.0996. The van der Waals surface area contributed by atoms with E-state index in [1.54, 1.807) is 7.05 Å². The number of aromatic nitrogens is 1. The normalized spacial score (nSPS) is 13.5. The van der Waals surface area contributed by atoms with E-state index < -0.39 is 5.91 Å². The summed E-state index contributed by atoms with van der Waals surface area (Å²) < 4.78 is 0. The summed E-state index contributed by atoms with van der Waals surface area (Å²) in [6.07, 6.45) is 0.884. The molecule has 5 N–H and O–H groups in total. The van der Waals surface area contributed by atoms with Crippen molar-refractivity contribution in [2.45, 2.75) is 6.54 Å². The fraction of sp³-hybridized carbons (Fsp3) is 0.222. The van der Waals surface area contributed by atoms with Gasteiger partial charge in [0.25, 0.3) is 5.91 Å². The molecule has 0 saturated carbocycles. The maximum absolute atomic E-state index is 11.3. The third kappa shape index (κ3) is 6.66. The number of nitrogens with one attached hydrogen (secondary N) is 3. The Hall–Kier alpha value is -3.79. The van der Waals surface area contributed by atoms with E-state index in [1.165, 1.54) is 22.3 Å². The number of nitrogens with two attached hydrogens (primary N) is 1. The van der Waals surface area contributed by atoms with Crippen LogP contribution in [-0.4, -0.2) is 55.3 Å². The molecule has 36 heavy (non-hydrogen) atoms. The molecule has 0 bridgehead atoms. The van der Waals surface area contributed by atoms with E-state index in [9.17, 15) is 9.59 Å². The quantitative estimate of drug-likeness (QED) is 0.282. The summed E-state index contributed by atoms with van der Waals surface area (Å²) in [4.78, 5) is 28.5. The smallest absolute Gasteiger partial charge is 0.270 e. The maximum Gasteiger partial charge on any atom is 0.270 e. The Bertz CT molecular complexity index is 1320. The number of aldehydes is 1. The lowest BCUT2D eigenvalue weighted by atomic mass is 10.1. The summed E-state index contributed by atoms with van der Waals surface area (Å²) in [6.45, 7) is 5.35. The van der Waals surface area contributed by atoms with Gasteiger partial charge in [-0.05, 0) is 28.5 Å². The topological polar surface area (TPSA) is 112 Å². The van der Waals surface area contributed by atoms with E-state index >= 15 is 0 Å². The molecular formula is C27H30N6O2S. The summed E-state index contributed by atoms with van der Waals surface area (Å²) in [5.74, 6) is -0.540. The fourth-order valence-electron chi connectivity index (χ4n) is 3.93. The Morgan fingerprint density at radius 1 is 1.08 bits per heavy atom. The molecule has 0 atom stereocenters. The van der Waals surface area contributed by atoms with E-state index in [1.807, 2.05) is 54.6 Å². The first-order valence-electron chi connectivity index (χ1n) is 11.8. The first-order valence-corrected chi connectivity index (χ1v) is 12.6. The molecule has 9 heteroatoms. The summed E-state index contributed by atoms with van der Waals surface area (Å²) in [5.41, 5.74) is 8.51. The number of fused-ring (bicyclic) bond motifs is 1. The Balaban J connectivity index is 0.000000179. The molecule has 2 heterocycles. The third-order valence-electron chi connectivity index (χ3n) is 5.82. The fourth-order valence-corrected chi connectivity index (χ4v) is 4.77. The molecule has 0 spiro atoms. The van der Waals surface area contributed by atoms with Crippen molar-refractivity contribution in [3.63, 3.8) is 0 Å². The van der Waals surface area contributed by atoms with Crippen molar-refractivity contribution in [1.29, 1.82) is 0 Å². The summed E-state index contributed by atoms with van der Waals surface area (Å²) in [7, 11) is 1.74. The van der Waals surface area contributed by atoms with Crippen LogP contribution in [0.25, 0.3) is 10.8 Å². The highest BCUT2D eigenvalue weighted by Crippen LogP contribution is 2.30. The molecule has 1 aromatic heterocycles. The van der Waals surface area contributed by atoms with Gasteiger partial charge in [-0.1, -0.05) is 65.9 Å². The number of nitrogens with zero attached hydrogens (tertiary/aromatic N) is 2. The van der Waals surface area contributed by atoms with Crippen molar-refractivity contribution >= 4 is 50.1 Å². The molecule has 3 aromatic carbocycles. The number of carbonyl (C=O) groups is 2. The minimum Gasteiger partial charge on any atom is -0.378 e. The average molecular weight is 503 g/mol. The Kier molecular flexibility index (Phi) is 8.62. The van der Waals surface area contributed by atoms with Crippen LogP contribution >= 0.6 is 11.3 Å². The predicted octanol–water partition coefficient (Wildman–Crippen LogP) is 4.08. The molecule has 0 radical (unpaired) electrons. The van der Waals surface area contributed by atoms with Gasteiger partial charge in [0.05, 0.1) is 0 Å². The zero-order valence-electron chi connectivity index (χ0n) is 20.2. The molecule has 1 aliphatic heterocycles. The molecule has 0 unspecified atom stereocenters. The van der Waals surface area contributed by atoms with Crippen LogP contribution in [0.15, 0.2) is 66.7 Å². The van der Waals surface area contributed by atoms with Gasteiger partial charge in [0.15, 0.2) is 10.8 Å². The number of piperazine rings is 1. The highest BCUT2D eigenvalue weighted by Gasteiger charge is 2.15. The number of primary amides is 1. The number of thiazole rings is 1. The van der Waals surface area contributed by atoms with Gasteiger partial charge in [-0.3, -0.25) is 14.5 Å². The molecule has 1 saturated heterocycles. The van der Waals surface area contributed by atoms with E-state index in [0.29, 0.717) is 10.1 Å². The minimum atomic E-state index is -0.540. The number of amides is 1. The number of carbonyl (C=O) groups excluding carboxylic acids is 2. The average Bonchev–Trinajstić information content (AvgIpc) is 3.33. The summed E-state index contributed by atoms with van der Waals surface area (Å²) >= 11 is 1.35. The van der Waals surface area contributed by atoms with E-state index in [0.717, 1.165) is 55.6 Å². The van der Waals surface area contributed by atoms with Gasteiger partial charge in [0.2, 0.25) is 0 Å².